The highest BCUT2D eigenvalue weighted by molar-refractivity contribution is 7.89. The molecule has 0 aliphatic heterocycles. The summed E-state index contributed by atoms with van der Waals surface area (Å²) in [5, 5.41) is 0.818. The summed E-state index contributed by atoms with van der Waals surface area (Å²) >= 11 is 1.52. The summed E-state index contributed by atoms with van der Waals surface area (Å²) < 4.78 is 26.6. The van der Waals surface area contributed by atoms with E-state index in [4.69, 9.17) is 0 Å². The van der Waals surface area contributed by atoms with Gasteiger partial charge in [0, 0.05) is 29.1 Å². The zero-order valence-corrected chi connectivity index (χ0v) is 11.0. The highest BCUT2D eigenvalue weighted by Crippen LogP contribution is 2.34. The monoisotopic (exact) mass is 255 g/mol. The van der Waals surface area contributed by atoms with E-state index >= 15 is 0 Å². The van der Waals surface area contributed by atoms with Gasteiger partial charge in [0.15, 0.2) is 0 Å². The lowest BCUT2D eigenvalue weighted by molar-refractivity contribution is 0.521. The van der Waals surface area contributed by atoms with Crippen molar-refractivity contribution in [3.8, 4) is 0 Å². The Hall–Kier alpha value is -0.910. The third-order valence-corrected chi connectivity index (χ3v) is 5.67. The molecule has 2 aromatic rings. The Bertz CT molecular complexity index is 626. The first kappa shape index (κ1) is 11.6. The lowest BCUT2D eigenvalue weighted by Gasteiger charge is -2.11. The molecule has 1 heterocycles. The summed E-state index contributed by atoms with van der Waals surface area (Å²) in [6.45, 7) is 1.85. The summed E-state index contributed by atoms with van der Waals surface area (Å²) in [5.74, 6) is 0. The molecule has 86 valence electrons. The molecule has 0 fully saturated rings. The minimum atomic E-state index is -3.35. The highest BCUT2D eigenvalue weighted by Gasteiger charge is 2.24. The van der Waals surface area contributed by atoms with Crippen molar-refractivity contribution in [2.45, 2.75) is 11.8 Å². The van der Waals surface area contributed by atoms with Crippen LogP contribution in [0.15, 0.2) is 29.2 Å². The molecular formula is C11H13NO2S2. The zero-order valence-electron chi connectivity index (χ0n) is 9.39. The molecule has 1 aromatic heterocycles. The number of thiophene rings is 1. The second kappa shape index (κ2) is 3.84. The van der Waals surface area contributed by atoms with E-state index in [9.17, 15) is 8.42 Å². The van der Waals surface area contributed by atoms with Crippen molar-refractivity contribution < 1.29 is 8.42 Å². The van der Waals surface area contributed by atoms with Gasteiger partial charge >= 0.3 is 0 Å². The van der Waals surface area contributed by atoms with Crippen LogP contribution in [0.3, 0.4) is 0 Å². The Morgan fingerprint density at radius 1 is 1.19 bits per heavy atom. The highest BCUT2D eigenvalue weighted by atomic mass is 32.2. The second-order valence-corrected chi connectivity index (χ2v) is 7.12. The molecule has 0 radical (unpaired) electrons. The Kier molecular flexibility index (Phi) is 2.77. The molecule has 0 aliphatic carbocycles. The van der Waals surface area contributed by atoms with Crippen LogP contribution >= 0.6 is 11.3 Å². The molecule has 0 saturated carbocycles. The van der Waals surface area contributed by atoms with Crippen molar-refractivity contribution in [1.29, 1.82) is 0 Å². The predicted molar refractivity (Wildman–Crippen MR) is 67.4 cm³/mol. The Labute approximate surface area is 99.4 Å². The molecule has 0 amide bonds. The summed E-state index contributed by atoms with van der Waals surface area (Å²) in [5.41, 5.74) is 0. The fourth-order valence-electron chi connectivity index (χ4n) is 1.65. The summed E-state index contributed by atoms with van der Waals surface area (Å²) in [7, 11) is -0.234. The molecule has 5 heteroatoms. The van der Waals surface area contributed by atoms with E-state index in [0.717, 1.165) is 15.0 Å². The van der Waals surface area contributed by atoms with Crippen LogP contribution in [-0.4, -0.2) is 26.8 Å². The van der Waals surface area contributed by atoms with Gasteiger partial charge in [0.1, 0.15) is 4.90 Å². The first-order valence-corrected chi connectivity index (χ1v) is 7.11. The molecule has 2 rings (SSSR count). The minimum absolute atomic E-state index is 0.443. The lowest BCUT2D eigenvalue weighted by atomic mass is 10.2. The summed E-state index contributed by atoms with van der Waals surface area (Å²) in [4.78, 5) is 1.29. The number of benzene rings is 1. The Morgan fingerprint density at radius 3 is 2.44 bits per heavy atom. The van der Waals surface area contributed by atoms with E-state index in [1.807, 2.05) is 31.2 Å². The lowest BCUT2D eigenvalue weighted by Crippen LogP contribution is -2.22. The van der Waals surface area contributed by atoms with Gasteiger partial charge in [-0.1, -0.05) is 18.2 Å². The average molecular weight is 255 g/mol. The molecule has 0 saturated heterocycles. The Morgan fingerprint density at radius 2 is 1.81 bits per heavy atom. The standard InChI is InChI=1S/C11H13NO2S2/c1-8-11(16(13,14)12(2)3)9-6-4-5-7-10(9)15-8/h4-7H,1-3H3. The van der Waals surface area contributed by atoms with Crippen molar-refractivity contribution in [2.24, 2.45) is 0 Å². The molecule has 0 N–H and O–H groups in total. The molecule has 3 nitrogen and oxygen atoms in total. The maximum atomic E-state index is 12.2. The molecule has 0 spiro atoms. The summed E-state index contributed by atoms with van der Waals surface area (Å²) in [6.07, 6.45) is 0. The fourth-order valence-corrected chi connectivity index (χ4v) is 4.30. The number of hydrogen-bond acceptors (Lipinski definition) is 3. The van der Waals surface area contributed by atoms with Crippen molar-refractivity contribution >= 4 is 31.4 Å². The SMILES string of the molecule is Cc1sc2ccccc2c1S(=O)(=O)N(C)C. The van der Waals surface area contributed by atoms with Gasteiger partial charge in [0.2, 0.25) is 10.0 Å². The number of rotatable bonds is 2. The molecule has 0 aliphatic rings. The van der Waals surface area contributed by atoms with Crippen LogP contribution in [0.1, 0.15) is 4.88 Å². The number of nitrogens with zero attached hydrogens (tertiary/aromatic N) is 1. The number of aryl methyl sites for hydroxylation is 1. The van der Waals surface area contributed by atoms with Crippen LogP contribution in [0.4, 0.5) is 0 Å². The van der Waals surface area contributed by atoms with Gasteiger partial charge in [-0.15, -0.1) is 11.3 Å². The minimum Gasteiger partial charge on any atom is -0.207 e. The predicted octanol–water partition coefficient (Wildman–Crippen LogP) is 2.46. The normalized spacial score (nSPS) is 12.5. The van der Waals surface area contributed by atoms with Gasteiger partial charge in [0.05, 0.1) is 0 Å². The van der Waals surface area contributed by atoms with Crippen molar-refractivity contribution in [3.63, 3.8) is 0 Å². The number of sulfonamides is 1. The molecule has 0 bridgehead atoms. The molecule has 16 heavy (non-hydrogen) atoms. The van der Waals surface area contributed by atoms with E-state index < -0.39 is 10.0 Å². The van der Waals surface area contributed by atoms with Crippen LogP contribution in [0.25, 0.3) is 10.1 Å². The largest absolute Gasteiger partial charge is 0.244 e. The maximum Gasteiger partial charge on any atom is 0.244 e. The average Bonchev–Trinajstić information content (AvgIpc) is 2.53. The van der Waals surface area contributed by atoms with Gasteiger partial charge in [-0.05, 0) is 13.0 Å². The summed E-state index contributed by atoms with van der Waals surface area (Å²) in [6, 6.07) is 7.59. The quantitative estimate of drug-likeness (QED) is 0.826. The smallest absolute Gasteiger partial charge is 0.207 e. The third kappa shape index (κ3) is 1.65. The van der Waals surface area contributed by atoms with Crippen LogP contribution < -0.4 is 0 Å². The maximum absolute atomic E-state index is 12.2. The first-order chi connectivity index (χ1) is 7.44. The Balaban J connectivity index is 2.84. The number of hydrogen-bond donors (Lipinski definition) is 0. The van der Waals surface area contributed by atoms with E-state index in [2.05, 4.69) is 0 Å². The van der Waals surface area contributed by atoms with Gasteiger partial charge in [-0.3, -0.25) is 0 Å². The topological polar surface area (TPSA) is 37.4 Å². The van der Waals surface area contributed by atoms with E-state index in [1.165, 1.54) is 15.6 Å². The van der Waals surface area contributed by atoms with Crippen LogP contribution in [0.2, 0.25) is 0 Å². The van der Waals surface area contributed by atoms with Gasteiger partial charge < -0.3 is 0 Å². The molecular weight excluding hydrogens is 242 g/mol. The van der Waals surface area contributed by atoms with E-state index in [1.54, 1.807) is 14.1 Å². The van der Waals surface area contributed by atoms with Crippen LogP contribution in [-0.2, 0) is 10.0 Å². The fraction of sp³-hybridized carbons (Fsp3) is 0.273. The van der Waals surface area contributed by atoms with Crippen molar-refractivity contribution in [2.75, 3.05) is 14.1 Å². The molecule has 0 atom stereocenters. The van der Waals surface area contributed by atoms with Gasteiger partial charge in [-0.25, -0.2) is 12.7 Å². The van der Waals surface area contributed by atoms with E-state index in [0.29, 0.717) is 4.90 Å². The van der Waals surface area contributed by atoms with Gasteiger partial charge in [-0.2, -0.15) is 0 Å². The second-order valence-electron chi connectivity index (χ2n) is 3.77. The molecule has 0 unspecified atom stereocenters. The van der Waals surface area contributed by atoms with Gasteiger partial charge in [0.25, 0.3) is 0 Å². The first-order valence-electron chi connectivity index (χ1n) is 4.85. The van der Waals surface area contributed by atoms with Crippen molar-refractivity contribution in [1.82, 2.24) is 4.31 Å². The number of fused-ring (bicyclic) bond motifs is 1. The van der Waals surface area contributed by atoms with Crippen molar-refractivity contribution in [3.05, 3.63) is 29.1 Å². The third-order valence-electron chi connectivity index (χ3n) is 2.45. The molecule has 1 aromatic carbocycles. The van der Waals surface area contributed by atoms with Crippen LogP contribution in [0.5, 0.6) is 0 Å². The zero-order chi connectivity index (χ0) is 11.9. The van der Waals surface area contributed by atoms with E-state index in [-0.39, 0.29) is 0 Å². The van der Waals surface area contributed by atoms with Crippen LogP contribution in [0, 0.1) is 6.92 Å².